The summed E-state index contributed by atoms with van der Waals surface area (Å²) in [4.78, 5) is 36.2. The van der Waals surface area contributed by atoms with Gasteiger partial charge >= 0.3 is 0 Å². The zero-order valence-electron chi connectivity index (χ0n) is 14.4. The lowest BCUT2D eigenvalue weighted by Gasteiger charge is -2.13. The molecule has 3 rings (SSSR count). The minimum Gasteiger partial charge on any atom is -0.490 e. The highest BCUT2D eigenvalue weighted by Gasteiger charge is 2.35. The van der Waals surface area contributed by atoms with Gasteiger partial charge in [0.05, 0.1) is 21.4 Å². The van der Waals surface area contributed by atoms with Crippen molar-refractivity contribution in [1.82, 2.24) is 4.90 Å². The molecule has 1 saturated heterocycles. The van der Waals surface area contributed by atoms with Gasteiger partial charge in [0.1, 0.15) is 17.4 Å². The second-order valence-corrected chi connectivity index (χ2v) is 7.91. The molecule has 0 aliphatic carbocycles. The van der Waals surface area contributed by atoms with E-state index in [0.717, 1.165) is 11.0 Å². The molecule has 150 valence electrons. The zero-order chi connectivity index (χ0) is 21.1. The highest BCUT2D eigenvalue weighted by molar-refractivity contribution is 8.18. The molecule has 1 aliphatic rings. The summed E-state index contributed by atoms with van der Waals surface area (Å²) in [6, 6.07) is 9.20. The maximum absolute atomic E-state index is 12.6. The van der Waals surface area contributed by atoms with E-state index in [0.29, 0.717) is 22.5 Å². The van der Waals surface area contributed by atoms with Gasteiger partial charge in [0.25, 0.3) is 16.8 Å². The average Bonchev–Trinajstić information content (AvgIpc) is 2.92. The number of nitrogens with zero attached hydrogens (tertiary/aromatic N) is 2. The molecule has 0 saturated carbocycles. The summed E-state index contributed by atoms with van der Waals surface area (Å²) in [7, 11) is 0. The number of halogens is 3. The molecule has 7 nitrogen and oxygen atoms in total. The van der Waals surface area contributed by atoms with E-state index >= 15 is 0 Å². The average molecular weight is 474 g/mol. The smallest absolute Gasteiger partial charge is 0.293 e. The molecule has 2 aromatic rings. The lowest BCUT2D eigenvalue weighted by Crippen LogP contribution is -2.32. The van der Waals surface area contributed by atoms with Crippen molar-refractivity contribution in [3.05, 3.63) is 72.0 Å². The summed E-state index contributed by atoms with van der Waals surface area (Å²) in [6.07, 6.45) is 1.32. The van der Waals surface area contributed by atoms with Gasteiger partial charge < -0.3 is 4.74 Å². The van der Waals surface area contributed by atoms with E-state index in [2.05, 4.69) is 0 Å². The lowest BCUT2D eigenvalue weighted by atomic mass is 10.2. The van der Waals surface area contributed by atoms with Gasteiger partial charge in [-0.15, -0.1) is 0 Å². The van der Waals surface area contributed by atoms with E-state index < -0.39 is 16.1 Å². The molecule has 0 unspecified atom stereocenters. The first kappa shape index (κ1) is 21.4. The number of hydrogen-bond donors (Lipinski definition) is 0. The molecule has 29 heavy (non-hydrogen) atoms. The maximum atomic E-state index is 12.6. The Morgan fingerprint density at radius 1 is 1.10 bits per heavy atom. The Kier molecular flexibility index (Phi) is 6.69. The van der Waals surface area contributed by atoms with E-state index in [4.69, 9.17) is 39.5 Å². The summed E-state index contributed by atoms with van der Waals surface area (Å²) in [6.45, 7) is 0.0734. The van der Waals surface area contributed by atoms with Crippen molar-refractivity contribution in [2.45, 2.75) is 0 Å². The normalized spacial score (nSPS) is 15.3. The molecular formula is C18H11Cl3N2O5S. The van der Waals surface area contributed by atoms with Crippen LogP contribution in [0.4, 0.5) is 10.5 Å². The number of imide groups is 1. The predicted octanol–water partition coefficient (Wildman–Crippen LogP) is 5.67. The van der Waals surface area contributed by atoms with Crippen molar-refractivity contribution in [1.29, 1.82) is 0 Å². The van der Waals surface area contributed by atoms with Crippen LogP contribution in [0, 0.1) is 10.1 Å². The summed E-state index contributed by atoms with van der Waals surface area (Å²) < 4.78 is 5.51. The molecule has 1 fully saturated rings. The summed E-state index contributed by atoms with van der Waals surface area (Å²) >= 11 is 18.6. The SMILES string of the molecule is O=C1S/C(=C\c2cc([N+](=O)[O-])c(Cl)cc2Cl)C(=O)N1CCOc1ccccc1Cl. The van der Waals surface area contributed by atoms with Crippen molar-refractivity contribution < 1.29 is 19.2 Å². The number of hydrogen-bond acceptors (Lipinski definition) is 6. The van der Waals surface area contributed by atoms with Crippen molar-refractivity contribution in [2.24, 2.45) is 0 Å². The van der Waals surface area contributed by atoms with Crippen LogP contribution in [0.1, 0.15) is 5.56 Å². The van der Waals surface area contributed by atoms with Gasteiger partial charge in [0, 0.05) is 16.7 Å². The van der Waals surface area contributed by atoms with Gasteiger partial charge in [-0.25, -0.2) is 0 Å². The highest BCUT2D eigenvalue weighted by Crippen LogP contribution is 2.36. The molecule has 1 aliphatic heterocycles. The molecule has 1 heterocycles. The van der Waals surface area contributed by atoms with Crippen molar-refractivity contribution in [3.8, 4) is 5.75 Å². The number of thioether (sulfide) groups is 1. The monoisotopic (exact) mass is 472 g/mol. The first-order valence-electron chi connectivity index (χ1n) is 8.04. The molecule has 2 aromatic carbocycles. The number of ether oxygens (including phenoxy) is 1. The van der Waals surface area contributed by atoms with E-state index in [9.17, 15) is 19.7 Å². The minimum absolute atomic E-state index is 0.0156. The third-order valence-electron chi connectivity index (χ3n) is 3.83. The molecular weight excluding hydrogens is 463 g/mol. The number of para-hydroxylation sites is 1. The van der Waals surface area contributed by atoms with Crippen molar-refractivity contribution in [2.75, 3.05) is 13.2 Å². The number of carbonyl (C=O) groups excluding carboxylic acids is 2. The molecule has 0 spiro atoms. The number of benzene rings is 2. The number of carbonyl (C=O) groups is 2. The van der Waals surface area contributed by atoms with E-state index in [1.807, 2.05) is 0 Å². The zero-order valence-corrected chi connectivity index (χ0v) is 17.5. The number of amides is 2. The van der Waals surface area contributed by atoms with E-state index in [1.165, 1.54) is 12.1 Å². The molecule has 2 amide bonds. The summed E-state index contributed by atoms with van der Waals surface area (Å²) in [5.74, 6) is -0.103. The molecule has 0 radical (unpaired) electrons. The number of nitro groups is 1. The Labute approximate surface area is 184 Å². The number of rotatable bonds is 6. The first-order chi connectivity index (χ1) is 13.8. The van der Waals surface area contributed by atoms with Crippen LogP contribution in [0.25, 0.3) is 6.08 Å². The molecule has 0 N–H and O–H groups in total. The van der Waals surface area contributed by atoms with Crippen LogP contribution in [0.2, 0.25) is 15.1 Å². The van der Waals surface area contributed by atoms with E-state index in [1.54, 1.807) is 24.3 Å². The van der Waals surface area contributed by atoms with Gasteiger partial charge in [-0.1, -0.05) is 46.9 Å². The van der Waals surface area contributed by atoms with Gasteiger partial charge in [0.2, 0.25) is 0 Å². The molecule has 0 bridgehead atoms. The number of nitro benzene ring substituents is 1. The van der Waals surface area contributed by atoms with Crippen molar-refractivity contribution in [3.63, 3.8) is 0 Å². The van der Waals surface area contributed by atoms with Crippen LogP contribution in [0.15, 0.2) is 41.3 Å². The van der Waals surface area contributed by atoms with Crippen LogP contribution in [-0.4, -0.2) is 34.1 Å². The first-order valence-corrected chi connectivity index (χ1v) is 9.99. The minimum atomic E-state index is -0.659. The Morgan fingerprint density at radius 3 is 2.52 bits per heavy atom. The molecule has 11 heteroatoms. The molecule has 0 aromatic heterocycles. The van der Waals surface area contributed by atoms with Gasteiger partial charge in [-0.3, -0.25) is 24.6 Å². The highest BCUT2D eigenvalue weighted by atomic mass is 35.5. The third-order valence-corrected chi connectivity index (χ3v) is 5.68. The van der Waals surface area contributed by atoms with Crippen molar-refractivity contribution >= 4 is 69.5 Å². The molecule has 0 atom stereocenters. The largest absolute Gasteiger partial charge is 0.490 e. The Bertz CT molecular complexity index is 1040. The standard InChI is InChI=1S/C18H11Cl3N2O5S/c19-11-3-1-2-4-15(11)28-6-5-22-17(24)16(29-18(22)25)8-10-7-14(23(26)27)13(21)9-12(10)20/h1-4,7-9H,5-6H2/b16-8-. The summed E-state index contributed by atoms with van der Waals surface area (Å²) in [5, 5.41) is 11.0. The van der Waals surface area contributed by atoms with Crippen LogP contribution in [-0.2, 0) is 4.79 Å². The fourth-order valence-corrected chi connectivity index (χ4v) is 4.00. The lowest BCUT2D eigenvalue weighted by molar-refractivity contribution is -0.384. The predicted molar refractivity (Wildman–Crippen MR) is 113 cm³/mol. The Morgan fingerprint density at radius 2 is 1.83 bits per heavy atom. The topological polar surface area (TPSA) is 89.8 Å². The second-order valence-electron chi connectivity index (χ2n) is 5.69. The second kappa shape index (κ2) is 9.04. The van der Waals surface area contributed by atoms with Gasteiger partial charge in [-0.2, -0.15) is 0 Å². The van der Waals surface area contributed by atoms with E-state index in [-0.39, 0.29) is 39.4 Å². The van der Waals surface area contributed by atoms with Gasteiger partial charge in [-0.05, 0) is 36.0 Å². The fraction of sp³-hybridized carbons (Fsp3) is 0.111. The van der Waals surface area contributed by atoms with Crippen LogP contribution in [0.3, 0.4) is 0 Å². The fourth-order valence-electron chi connectivity index (χ4n) is 2.45. The summed E-state index contributed by atoms with van der Waals surface area (Å²) in [5.41, 5.74) is -0.143. The maximum Gasteiger partial charge on any atom is 0.293 e. The van der Waals surface area contributed by atoms with Crippen LogP contribution < -0.4 is 4.74 Å². The Balaban J connectivity index is 1.74. The quantitative estimate of drug-likeness (QED) is 0.305. The van der Waals surface area contributed by atoms with Crippen LogP contribution in [0.5, 0.6) is 5.75 Å². The third kappa shape index (κ3) is 4.84. The Hall–Kier alpha value is -2.26. The van der Waals surface area contributed by atoms with Crippen LogP contribution >= 0.6 is 46.6 Å². The van der Waals surface area contributed by atoms with Gasteiger partial charge in [0.15, 0.2) is 0 Å².